The number of aliphatic hydroxyl groups is 1. The lowest BCUT2D eigenvalue weighted by Gasteiger charge is -2.27. The molecule has 0 radical (unpaired) electrons. The van der Waals surface area contributed by atoms with Crippen molar-refractivity contribution < 1.29 is 19.4 Å². The van der Waals surface area contributed by atoms with Crippen molar-refractivity contribution in [2.45, 2.75) is 52.5 Å². The van der Waals surface area contributed by atoms with Crippen molar-refractivity contribution in [3.63, 3.8) is 0 Å². The van der Waals surface area contributed by atoms with Crippen LogP contribution in [0.3, 0.4) is 0 Å². The highest BCUT2D eigenvalue weighted by molar-refractivity contribution is 6.51. The third kappa shape index (κ3) is 4.53. The van der Waals surface area contributed by atoms with Crippen LogP contribution >= 0.6 is 0 Å². The number of hydrogen-bond donors (Lipinski definition) is 1. The van der Waals surface area contributed by atoms with E-state index in [-0.39, 0.29) is 16.7 Å². The number of amides is 1. The first-order valence-corrected chi connectivity index (χ1v) is 12.2. The molecular formula is C31H33NO4. The van der Waals surface area contributed by atoms with Crippen molar-refractivity contribution >= 4 is 23.1 Å². The summed E-state index contributed by atoms with van der Waals surface area (Å²) in [6.45, 7) is 10.3. The molecule has 3 aromatic rings. The Kier molecular flexibility index (Phi) is 6.77. The Bertz CT molecular complexity index is 1330. The molecule has 186 valence electrons. The number of carbonyl (C=O) groups is 2. The van der Waals surface area contributed by atoms with E-state index in [1.54, 1.807) is 25.3 Å². The summed E-state index contributed by atoms with van der Waals surface area (Å²) in [5.74, 6) is -0.898. The zero-order valence-corrected chi connectivity index (χ0v) is 21.8. The quantitative estimate of drug-likeness (QED) is 0.256. The van der Waals surface area contributed by atoms with Gasteiger partial charge in [-0.25, -0.2) is 0 Å². The van der Waals surface area contributed by atoms with Gasteiger partial charge >= 0.3 is 0 Å². The lowest BCUT2D eigenvalue weighted by Crippen LogP contribution is -2.29. The summed E-state index contributed by atoms with van der Waals surface area (Å²) in [5, 5.41) is 11.4. The minimum atomic E-state index is -0.752. The molecule has 1 heterocycles. The van der Waals surface area contributed by atoms with Crippen LogP contribution in [0.2, 0.25) is 0 Å². The molecule has 36 heavy (non-hydrogen) atoms. The molecule has 1 aliphatic rings. The first-order valence-electron chi connectivity index (χ1n) is 12.2. The molecule has 0 bridgehead atoms. The maximum Gasteiger partial charge on any atom is 0.300 e. The Labute approximate surface area is 213 Å². The molecule has 1 N–H and O–H groups in total. The van der Waals surface area contributed by atoms with E-state index in [0.29, 0.717) is 17.0 Å². The number of aryl methyl sites for hydroxylation is 2. The van der Waals surface area contributed by atoms with E-state index in [0.717, 1.165) is 28.7 Å². The second kappa shape index (κ2) is 9.65. The van der Waals surface area contributed by atoms with Gasteiger partial charge in [0.15, 0.2) is 0 Å². The molecule has 0 saturated carbocycles. The lowest BCUT2D eigenvalue weighted by molar-refractivity contribution is -0.132. The average Bonchev–Trinajstić information content (AvgIpc) is 3.13. The van der Waals surface area contributed by atoms with Crippen molar-refractivity contribution in [3.05, 3.63) is 100 Å². The summed E-state index contributed by atoms with van der Waals surface area (Å²) in [5.41, 5.74) is 4.92. The van der Waals surface area contributed by atoms with Crippen molar-refractivity contribution in [1.82, 2.24) is 0 Å². The molecule has 1 saturated heterocycles. The monoisotopic (exact) mass is 483 g/mol. The van der Waals surface area contributed by atoms with E-state index in [2.05, 4.69) is 27.7 Å². The van der Waals surface area contributed by atoms with Gasteiger partial charge in [0.05, 0.1) is 18.7 Å². The van der Waals surface area contributed by atoms with Crippen molar-refractivity contribution in [1.29, 1.82) is 0 Å². The van der Waals surface area contributed by atoms with Crippen LogP contribution in [-0.2, 0) is 21.4 Å². The number of nitrogens with zero attached hydrogens (tertiary/aromatic N) is 1. The molecule has 1 aliphatic heterocycles. The molecule has 1 atom stereocenters. The number of ether oxygens (including phenoxy) is 1. The highest BCUT2D eigenvalue weighted by Crippen LogP contribution is 2.43. The molecule has 4 rings (SSSR count). The van der Waals surface area contributed by atoms with Gasteiger partial charge < -0.3 is 9.84 Å². The van der Waals surface area contributed by atoms with Crippen molar-refractivity contribution in [3.8, 4) is 5.75 Å². The Morgan fingerprint density at radius 2 is 1.61 bits per heavy atom. The Balaban J connectivity index is 1.91. The minimum absolute atomic E-state index is 0.0476. The number of anilines is 1. The summed E-state index contributed by atoms with van der Waals surface area (Å²) in [6.07, 6.45) is 0.875. The van der Waals surface area contributed by atoms with Gasteiger partial charge in [0, 0.05) is 11.3 Å². The van der Waals surface area contributed by atoms with Gasteiger partial charge in [0.25, 0.3) is 11.7 Å². The summed E-state index contributed by atoms with van der Waals surface area (Å²) in [4.78, 5) is 28.4. The fourth-order valence-electron chi connectivity index (χ4n) is 4.65. The van der Waals surface area contributed by atoms with Crippen LogP contribution in [0, 0.1) is 6.92 Å². The predicted octanol–water partition coefficient (Wildman–Crippen LogP) is 6.49. The molecule has 0 spiro atoms. The zero-order chi connectivity index (χ0) is 26.2. The minimum Gasteiger partial charge on any atom is -0.507 e. The van der Waals surface area contributed by atoms with E-state index in [1.807, 2.05) is 55.5 Å². The number of Topliss-reactive ketones (excluding diaryl/α,β-unsaturated/α-hetero) is 1. The molecule has 1 fully saturated rings. The van der Waals surface area contributed by atoms with Crippen LogP contribution in [0.1, 0.15) is 61.6 Å². The molecule has 3 aromatic carbocycles. The summed E-state index contributed by atoms with van der Waals surface area (Å²) >= 11 is 0. The van der Waals surface area contributed by atoms with E-state index in [4.69, 9.17) is 4.74 Å². The Morgan fingerprint density at radius 3 is 2.14 bits per heavy atom. The molecule has 5 nitrogen and oxygen atoms in total. The van der Waals surface area contributed by atoms with Crippen LogP contribution < -0.4 is 9.64 Å². The fraction of sp³-hybridized carbons (Fsp3) is 0.290. The number of ketones is 1. The Hall–Kier alpha value is -3.86. The van der Waals surface area contributed by atoms with Gasteiger partial charge in [-0.05, 0) is 71.3 Å². The van der Waals surface area contributed by atoms with Crippen LogP contribution in [0.4, 0.5) is 5.69 Å². The topological polar surface area (TPSA) is 66.8 Å². The second-order valence-electron chi connectivity index (χ2n) is 10.2. The van der Waals surface area contributed by atoms with Gasteiger partial charge in [-0.15, -0.1) is 0 Å². The highest BCUT2D eigenvalue weighted by atomic mass is 16.5. The summed E-state index contributed by atoms with van der Waals surface area (Å²) in [6, 6.07) is 20.1. The Morgan fingerprint density at radius 1 is 0.972 bits per heavy atom. The second-order valence-corrected chi connectivity index (χ2v) is 10.2. The highest BCUT2D eigenvalue weighted by Gasteiger charge is 2.47. The molecule has 1 amide bonds. The first kappa shape index (κ1) is 25.2. The zero-order valence-electron chi connectivity index (χ0n) is 21.8. The lowest BCUT2D eigenvalue weighted by atomic mass is 9.87. The fourth-order valence-corrected chi connectivity index (χ4v) is 4.65. The van der Waals surface area contributed by atoms with Gasteiger partial charge in [-0.2, -0.15) is 0 Å². The van der Waals surface area contributed by atoms with Gasteiger partial charge in [0.2, 0.25) is 0 Å². The molecule has 1 unspecified atom stereocenters. The van der Waals surface area contributed by atoms with E-state index < -0.39 is 17.7 Å². The summed E-state index contributed by atoms with van der Waals surface area (Å²) < 4.78 is 5.29. The molecular weight excluding hydrogens is 450 g/mol. The molecule has 5 heteroatoms. The van der Waals surface area contributed by atoms with Gasteiger partial charge in [0.1, 0.15) is 11.5 Å². The maximum absolute atomic E-state index is 13.4. The van der Waals surface area contributed by atoms with Crippen LogP contribution in [-0.4, -0.2) is 23.9 Å². The first-order chi connectivity index (χ1) is 17.1. The number of rotatable bonds is 5. The standard InChI is InChI=1S/C31H33NO4/c1-7-20-8-10-21(11-9-20)27-26(28(33)25-17-16-24(36-6)18-19(25)2)29(34)30(35)32(27)23-14-12-22(13-15-23)31(3,4)5/h8-18,27,33H,7H2,1-6H3/b28-26-. The third-order valence-electron chi connectivity index (χ3n) is 6.85. The molecule has 0 aliphatic carbocycles. The van der Waals surface area contributed by atoms with Crippen LogP contribution in [0.15, 0.2) is 72.3 Å². The number of benzene rings is 3. The summed E-state index contributed by atoms with van der Waals surface area (Å²) in [7, 11) is 1.57. The van der Waals surface area contributed by atoms with Crippen molar-refractivity contribution in [2.24, 2.45) is 0 Å². The van der Waals surface area contributed by atoms with E-state index >= 15 is 0 Å². The van der Waals surface area contributed by atoms with E-state index in [9.17, 15) is 14.7 Å². The third-order valence-corrected chi connectivity index (χ3v) is 6.85. The van der Waals surface area contributed by atoms with Gasteiger partial charge in [-0.3, -0.25) is 14.5 Å². The number of aliphatic hydroxyl groups excluding tert-OH is 1. The SMILES string of the molecule is CCc1ccc(C2/C(=C(/O)c3ccc(OC)cc3C)C(=O)C(=O)N2c2ccc(C(C)(C)C)cc2)cc1. The van der Waals surface area contributed by atoms with Crippen LogP contribution in [0.25, 0.3) is 5.76 Å². The van der Waals surface area contributed by atoms with Crippen molar-refractivity contribution in [2.75, 3.05) is 12.0 Å². The number of methoxy groups -OCH3 is 1. The smallest absolute Gasteiger partial charge is 0.300 e. The van der Waals surface area contributed by atoms with Crippen LogP contribution in [0.5, 0.6) is 5.75 Å². The molecule has 0 aromatic heterocycles. The average molecular weight is 484 g/mol. The number of hydrogen-bond acceptors (Lipinski definition) is 4. The predicted molar refractivity (Wildman–Crippen MR) is 143 cm³/mol. The largest absolute Gasteiger partial charge is 0.507 e. The van der Waals surface area contributed by atoms with E-state index in [1.165, 1.54) is 4.90 Å². The van der Waals surface area contributed by atoms with Gasteiger partial charge in [-0.1, -0.05) is 64.1 Å². The normalized spacial score (nSPS) is 17.5. The number of carbonyl (C=O) groups excluding carboxylic acids is 2. The maximum atomic E-state index is 13.4.